The quantitative estimate of drug-likeness (QED) is 0.800. The highest BCUT2D eigenvalue weighted by atomic mass is 16.5. The van der Waals surface area contributed by atoms with Crippen molar-refractivity contribution in [2.24, 2.45) is 0 Å². The average Bonchev–Trinajstić information content (AvgIpc) is 2.60. The van der Waals surface area contributed by atoms with E-state index in [1.54, 1.807) is 0 Å². The Balaban J connectivity index is 2.13. The van der Waals surface area contributed by atoms with E-state index in [1.807, 2.05) is 50.2 Å². The lowest BCUT2D eigenvalue weighted by Crippen LogP contribution is -2.02. The average molecular weight is 304 g/mol. The third-order valence-electron chi connectivity index (χ3n) is 3.97. The Bertz CT molecular complexity index is 701. The first-order valence-corrected chi connectivity index (χ1v) is 7.84. The van der Waals surface area contributed by atoms with Crippen LogP contribution in [0.5, 0.6) is 0 Å². The van der Waals surface area contributed by atoms with Crippen LogP contribution in [0, 0.1) is 22.7 Å². The number of rotatable bonds is 6. The Hall–Kier alpha value is -2.62. The van der Waals surface area contributed by atoms with Crippen LogP contribution in [0.2, 0.25) is 0 Å². The van der Waals surface area contributed by atoms with Gasteiger partial charge in [0, 0.05) is 0 Å². The predicted octanol–water partition coefficient (Wildman–Crippen LogP) is 4.27. The van der Waals surface area contributed by atoms with Gasteiger partial charge in [0.25, 0.3) is 0 Å². The van der Waals surface area contributed by atoms with Crippen LogP contribution in [0.3, 0.4) is 0 Å². The molecule has 0 aliphatic heterocycles. The summed E-state index contributed by atoms with van der Waals surface area (Å²) in [5.74, 6) is 0. The van der Waals surface area contributed by atoms with Crippen molar-refractivity contribution in [3.63, 3.8) is 0 Å². The molecule has 0 saturated carbocycles. The SMILES string of the molecule is CCc1cccc(COCc2cccc(CC)c2C#N)c1C#N. The molecule has 23 heavy (non-hydrogen) atoms. The van der Waals surface area contributed by atoms with E-state index in [2.05, 4.69) is 12.1 Å². The Kier molecular flexibility index (Phi) is 5.92. The fraction of sp³-hybridized carbons (Fsp3) is 0.300. The minimum atomic E-state index is 0.373. The van der Waals surface area contributed by atoms with E-state index < -0.39 is 0 Å². The zero-order chi connectivity index (χ0) is 16.7. The molecule has 0 aromatic heterocycles. The molecule has 2 aromatic rings. The van der Waals surface area contributed by atoms with Crippen LogP contribution in [0.1, 0.15) is 47.2 Å². The molecule has 2 aromatic carbocycles. The summed E-state index contributed by atoms with van der Waals surface area (Å²) in [5, 5.41) is 18.7. The molecular formula is C20H20N2O. The van der Waals surface area contributed by atoms with Crippen molar-refractivity contribution in [3.05, 3.63) is 69.8 Å². The molecule has 0 unspecified atom stereocenters. The standard InChI is InChI=1S/C20H20N2O/c1-3-15-7-5-9-17(19(15)11-21)13-23-14-18-10-6-8-16(4-2)20(18)12-22/h5-10H,3-4,13-14H2,1-2H3. The number of hydrogen-bond donors (Lipinski definition) is 0. The van der Waals surface area contributed by atoms with E-state index in [4.69, 9.17) is 4.74 Å². The Morgan fingerprint density at radius 3 is 1.48 bits per heavy atom. The van der Waals surface area contributed by atoms with Gasteiger partial charge in [0.05, 0.1) is 36.5 Å². The summed E-state index contributed by atoms with van der Waals surface area (Å²) in [5.41, 5.74) is 5.29. The molecule has 0 atom stereocenters. The molecule has 0 fully saturated rings. The number of aryl methyl sites for hydroxylation is 2. The number of ether oxygens (including phenoxy) is 1. The summed E-state index contributed by atoms with van der Waals surface area (Å²) in [7, 11) is 0. The van der Waals surface area contributed by atoms with Crippen LogP contribution in [-0.4, -0.2) is 0 Å². The monoisotopic (exact) mass is 304 g/mol. The van der Waals surface area contributed by atoms with Gasteiger partial charge in [-0.2, -0.15) is 10.5 Å². The molecule has 0 bridgehead atoms. The van der Waals surface area contributed by atoms with Crippen LogP contribution in [0.4, 0.5) is 0 Å². The van der Waals surface area contributed by atoms with Gasteiger partial charge in [-0.3, -0.25) is 0 Å². The molecule has 116 valence electrons. The van der Waals surface area contributed by atoms with Crippen LogP contribution in [0.25, 0.3) is 0 Å². The van der Waals surface area contributed by atoms with E-state index in [0.29, 0.717) is 24.3 Å². The summed E-state index contributed by atoms with van der Waals surface area (Å²) < 4.78 is 5.79. The molecule has 0 aliphatic rings. The third kappa shape index (κ3) is 3.77. The van der Waals surface area contributed by atoms with Gasteiger partial charge in [-0.25, -0.2) is 0 Å². The topological polar surface area (TPSA) is 56.8 Å². The molecule has 0 saturated heterocycles. The van der Waals surface area contributed by atoms with E-state index in [0.717, 1.165) is 35.1 Å². The molecule has 0 radical (unpaired) electrons. The summed E-state index contributed by atoms with van der Waals surface area (Å²) in [6, 6.07) is 16.2. The van der Waals surface area contributed by atoms with Crippen LogP contribution in [-0.2, 0) is 30.8 Å². The Labute approximate surface area is 137 Å². The lowest BCUT2D eigenvalue weighted by atomic mass is 10.00. The van der Waals surface area contributed by atoms with Gasteiger partial charge >= 0.3 is 0 Å². The molecule has 0 aliphatic carbocycles. The van der Waals surface area contributed by atoms with Crippen molar-refractivity contribution in [2.45, 2.75) is 39.9 Å². The van der Waals surface area contributed by atoms with Crippen molar-refractivity contribution in [1.29, 1.82) is 10.5 Å². The molecule has 3 nitrogen and oxygen atoms in total. The first kappa shape index (κ1) is 16.7. The predicted molar refractivity (Wildman–Crippen MR) is 89.6 cm³/mol. The largest absolute Gasteiger partial charge is 0.372 e. The number of hydrogen-bond acceptors (Lipinski definition) is 3. The molecule has 3 heteroatoms. The van der Waals surface area contributed by atoms with Gasteiger partial charge in [0.15, 0.2) is 0 Å². The fourth-order valence-corrected chi connectivity index (χ4v) is 2.69. The molecule has 0 heterocycles. The Morgan fingerprint density at radius 2 is 1.13 bits per heavy atom. The highest BCUT2D eigenvalue weighted by Gasteiger charge is 2.09. The zero-order valence-corrected chi connectivity index (χ0v) is 13.6. The third-order valence-corrected chi connectivity index (χ3v) is 3.97. The van der Waals surface area contributed by atoms with Gasteiger partial charge in [-0.05, 0) is 35.1 Å². The maximum absolute atomic E-state index is 9.35. The number of nitriles is 2. The highest BCUT2D eigenvalue weighted by Crippen LogP contribution is 2.19. The Morgan fingerprint density at radius 1 is 0.739 bits per heavy atom. The number of benzene rings is 2. The first-order chi connectivity index (χ1) is 11.2. The molecule has 2 rings (SSSR count). The normalized spacial score (nSPS) is 10.1. The summed E-state index contributed by atoms with van der Waals surface area (Å²) >= 11 is 0. The highest BCUT2D eigenvalue weighted by molar-refractivity contribution is 5.45. The summed E-state index contributed by atoms with van der Waals surface area (Å²) in [4.78, 5) is 0. The maximum Gasteiger partial charge on any atom is 0.0998 e. The van der Waals surface area contributed by atoms with Gasteiger partial charge in [-0.15, -0.1) is 0 Å². The van der Waals surface area contributed by atoms with Gasteiger partial charge in [-0.1, -0.05) is 50.2 Å². The second-order valence-electron chi connectivity index (χ2n) is 5.33. The second kappa shape index (κ2) is 8.13. The van der Waals surface area contributed by atoms with Crippen molar-refractivity contribution >= 4 is 0 Å². The second-order valence-corrected chi connectivity index (χ2v) is 5.33. The molecule has 0 spiro atoms. The van der Waals surface area contributed by atoms with Gasteiger partial charge in [0.2, 0.25) is 0 Å². The van der Waals surface area contributed by atoms with E-state index >= 15 is 0 Å². The lowest BCUT2D eigenvalue weighted by Gasteiger charge is -2.11. The smallest absolute Gasteiger partial charge is 0.0998 e. The van der Waals surface area contributed by atoms with Crippen molar-refractivity contribution < 1.29 is 4.74 Å². The minimum Gasteiger partial charge on any atom is -0.372 e. The molecular weight excluding hydrogens is 284 g/mol. The van der Waals surface area contributed by atoms with Crippen molar-refractivity contribution in [3.8, 4) is 12.1 Å². The minimum absolute atomic E-state index is 0.373. The van der Waals surface area contributed by atoms with E-state index in [9.17, 15) is 10.5 Å². The summed E-state index contributed by atoms with van der Waals surface area (Å²) in [6.45, 7) is 4.82. The van der Waals surface area contributed by atoms with Crippen LogP contribution in [0.15, 0.2) is 36.4 Å². The summed E-state index contributed by atoms with van der Waals surface area (Å²) in [6.07, 6.45) is 1.65. The van der Waals surface area contributed by atoms with Crippen molar-refractivity contribution in [2.75, 3.05) is 0 Å². The zero-order valence-electron chi connectivity index (χ0n) is 13.6. The lowest BCUT2D eigenvalue weighted by molar-refractivity contribution is 0.107. The maximum atomic E-state index is 9.35. The fourth-order valence-electron chi connectivity index (χ4n) is 2.69. The van der Waals surface area contributed by atoms with Crippen LogP contribution >= 0.6 is 0 Å². The van der Waals surface area contributed by atoms with Crippen molar-refractivity contribution in [1.82, 2.24) is 0 Å². The first-order valence-electron chi connectivity index (χ1n) is 7.84. The molecule has 0 N–H and O–H groups in total. The number of nitrogens with zero attached hydrogens (tertiary/aromatic N) is 2. The van der Waals surface area contributed by atoms with Gasteiger partial charge in [0.1, 0.15) is 0 Å². The van der Waals surface area contributed by atoms with Crippen LogP contribution < -0.4 is 0 Å². The van der Waals surface area contributed by atoms with E-state index in [1.165, 1.54) is 0 Å². The van der Waals surface area contributed by atoms with Gasteiger partial charge < -0.3 is 4.74 Å². The molecule has 0 amide bonds. The van der Waals surface area contributed by atoms with E-state index in [-0.39, 0.29) is 0 Å².